The van der Waals surface area contributed by atoms with Crippen LogP contribution < -0.4 is 5.53 Å². The molecule has 100 valence electrons. The van der Waals surface area contributed by atoms with Gasteiger partial charge in [-0.3, -0.25) is 5.01 Å². The minimum absolute atomic E-state index is 0.596. The Hall–Kier alpha value is -1.55. The molecule has 0 radical (unpaired) electrons. The molecule has 0 saturated heterocycles. The topological polar surface area (TPSA) is 27.6 Å². The van der Waals surface area contributed by atoms with Gasteiger partial charge in [-0.15, -0.1) is 0 Å². The summed E-state index contributed by atoms with van der Waals surface area (Å²) in [6.45, 7) is 6.68. The fraction of sp³-hybridized carbons (Fsp3) is 0.267. The van der Waals surface area contributed by atoms with Crippen LogP contribution in [0.2, 0.25) is 0 Å². The lowest BCUT2D eigenvalue weighted by atomic mass is 9.95. The highest BCUT2D eigenvalue weighted by Gasteiger charge is 2.16. The summed E-state index contributed by atoms with van der Waals surface area (Å²) < 4.78 is 0.954. The van der Waals surface area contributed by atoms with Crippen molar-refractivity contribution in [2.24, 2.45) is 11.0 Å². The highest BCUT2D eigenvalue weighted by molar-refractivity contribution is 9.11. The van der Waals surface area contributed by atoms with E-state index in [4.69, 9.17) is 0 Å². The Labute approximate surface area is 122 Å². The minimum Gasteiger partial charge on any atom is -0.273 e. The summed E-state index contributed by atoms with van der Waals surface area (Å²) in [5, 5.41) is 6.31. The molecule has 1 heterocycles. The van der Waals surface area contributed by atoms with Gasteiger partial charge in [0.1, 0.15) is 0 Å². The standard InChI is InChI=1S/C15H18BrN3/c1-3-14(16)8-5-9-19-11-15(17-18-19)13-7-4-6-12(2)10-13/h3-5,7-10,12,18H,1,6,11H2,2H3/b9-5+,14-8+. The van der Waals surface area contributed by atoms with Crippen molar-refractivity contribution in [2.45, 2.75) is 13.3 Å². The maximum atomic E-state index is 4.36. The molecule has 0 spiro atoms. The molecule has 0 fully saturated rings. The van der Waals surface area contributed by atoms with Gasteiger partial charge in [0, 0.05) is 10.7 Å². The third-order valence-corrected chi connectivity index (χ3v) is 3.54. The van der Waals surface area contributed by atoms with Gasteiger partial charge in [-0.25, -0.2) is 5.53 Å². The predicted molar refractivity (Wildman–Crippen MR) is 84.6 cm³/mol. The summed E-state index contributed by atoms with van der Waals surface area (Å²) >= 11 is 3.37. The average Bonchev–Trinajstić information content (AvgIpc) is 2.87. The number of allylic oxidation sites excluding steroid dienone is 7. The lowest BCUT2D eigenvalue weighted by molar-refractivity contribution is 0.343. The molecule has 0 saturated carbocycles. The first-order valence-corrected chi connectivity index (χ1v) is 7.12. The van der Waals surface area contributed by atoms with Gasteiger partial charge in [-0.2, -0.15) is 5.10 Å². The van der Waals surface area contributed by atoms with Gasteiger partial charge in [0.05, 0.1) is 12.3 Å². The van der Waals surface area contributed by atoms with Gasteiger partial charge in [0.25, 0.3) is 0 Å². The van der Waals surface area contributed by atoms with Crippen LogP contribution in [0.5, 0.6) is 0 Å². The number of nitrogens with one attached hydrogen (secondary N) is 1. The first-order chi connectivity index (χ1) is 9.19. The second-order valence-corrected chi connectivity index (χ2v) is 5.54. The summed E-state index contributed by atoms with van der Waals surface area (Å²) in [5.41, 5.74) is 5.31. The third-order valence-electron chi connectivity index (χ3n) is 2.95. The van der Waals surface area contributed by atoms with Crippen molar-refractivity contribution in [3.8, 4) is 0 Å². The second kappa shape index (κ2) is 6.57. The van der Waals surface area contributed by atoms with E-state index in [2.05, 4.69) is 58.3 Å². The van der Waals surface area contributed by atoms with Crippen molar-refractivity contribution in [1.82, 2.24) is 10.5 Å². The molecular formula is C15H18BrN3. The van der Waals surface area contributed by atoms with E-state index in [1.807, 2.05) is 23.4 Å². The number of rotatable bonds is 4. The molecule has 2 aliphatic rings. The molecule has 3 nitrogen and oxygen atoms in total. The first-order valence-electron chi connectivity index (χ1n) is 6.33. The molecule has 1 unspecified atom stereocenters. The zero-order valence-electron chi connectivity index (χ0n) is 11.0. The predicted octanol–water partition coefficient (Wildman–Crippen LogP) is 3.66. The van der Waals surface area contributed by atoms with E-state index in [9.17, 15) is 0 Å². The van der Waals surface area contributed by atoms with Gasteiger partial charge in [-0.1, -0.05) is 53.7 Å². The smallest absolute Gasteiger partial charge is 0.0906 e. The van der Waals surface area contributed by atoms with Crippen molar-refractivity contribution in [1.29, 1.82) is 0 Å². The van der Waals surface area contributed by atoms with Crippen molar-refractivity contribution in [2.75, 3.05) is 6.54 Å². The fourth-order valence-electron chi connectivity index (χ4n) is 1.94. The zero-order chi connectivity index (χ0) is 13.7. The third kappa shape index (κ3) is 3.96. The molecule has 0 aromatic carbocycles. The monoisotopic (exact) mass is 319 g/mol. The number of hydrazine groups is 1. The van der Waals surface area contributed by atoms with Gasteiger partial charge >= 0.3 is 0 Å². The van der Waals surface area contributed by atoms with E-state index in [0.29, 0.717) is 5.92 Å². The molecule has 0 aromatic rings. The number of halogens is 1. The average molecular weight is 320 g/mol. The molecule has 1 aliphatic carbocycles. The van der Waals surface area contributed by atoms with Crippen LogP contribution >= 0.6 is 15.9 Å². The Balaban J connectivity index is 1.93. The van der Waals surface area contributed by atoms with Crippen LogP contribution in [0.15, 0.2) is 64.4 Å². The largest absolute Gasteiger partial charge is 0.273 e. The molecular weight excluding hydrogens is 302 g/mol. The molecule has 0 amide bonds. The fourth-order valence-corrected chi connectivity index (χ4v) is 2.09. The maximum Gasteiger partial charge on any atom is 0.0906 e. The summed E-state index contributed by atoms with van der Waals surface area (Å²) in [4.78, 5) is 0. The van der Waals surface area contributed by atoms with E-state index in [-0.39, 0.29) is 0 Å². The van der Waals surface area contributed by atoms with E-state index in [0.717, 1.165) is 23.2 Å². The van der Waals surface area contributed by atoms with Crippen LogP contribution in [0.3, 0.4) is 0 Å². The van der Waals surface area contributed by atoms with E-state index < -0.39 is 0 Å². The minimum atomic E-state index is 0.596. The van der Waals surface area contributed by atoms with Crippen molar-refractivity contribution < 1.29 is 0 Å². The van der Waals surface area contributed by atoms with E-state index >= 15 is 0 Å². The van der Waals surface area contributed by atoms with Crippen LogP contribution in [0, 0.1) is 5.92 Å². The number of hydrogen-bond donors (Lipinski definition) is 1. The van der Waals surface area contributed by atoms with E-state index in [1.54, 1.807) is 6.08 Å². The normalized spacial score (nSPS) is 23.4. The van der Waals surface area contributed by atoms with Crippen LogP contribution in [0.4, 0.5) is 0 Å². The highest BCUT2D eigenvalue weighted by atomic mass is 79.9. The lowest BCUT2D eigenvalue weighted by Gasteiger charge is -2.13. The molecule has 2 rings (SSSR count). The summed E-state index contributed by atoms with van der Waals surface area (Å²) in [5.74, 6) is 0.596. The van der Waals surface area contributed by atoms with Crippen LogP contribution in [0.1, 0.15) is 13.3 Å². The first kappa shape index (κ1) is 13.9. The van der Waals surface area contributed by atoms with E-state index in [1.165, 1.54) is 5.57 Å². The Morgan fingerprint density at radius 3 is 3.21 bits per heavy atom. The van der Waals surface area contributed by atoms with Crippen molar-refractivity contribution >= 4 is 21.6 Å². The number of hydrazone groups is 1. The Morgan fingerprint density at radius 2 is 2.47 bits per heavy atom. The summed E-state index contributed by atoms with van der Waals surface area (Å²) in [7, 11) is 0. The van der Waals surface area contributed by atoms with Crippen LogP contribution in [0.25, 0.3) is 0 Å². The SMILES string of the molecule is C=C/C(Br)=C\C=C\N1CC(C2=CC(C)CC=C2)=NN1. The molecule has 19 heavy (non-hydrogen) atoms. The van der Waals surface area contributed by atoms with Crippen LogP contribution in [-0.4, -0.2) is 17.3 Å². The van der Waals surface area contributed by atoms with Crippen LogP contribution in [-0.2, 0) is 0 Å². The Morgan fingerprint density at radius 1 is 1.63 bits per heavy atom. The lowest BCUT2D eigenvalue weighted by Crippen LogP contribution is -2.25. The molecule has 0 aromatic heterocycles. The second-order valence-electron chi connectivity index (χ2n) is 4.62. The molecule has 1 N–H and O–H groups in total. The number of nitrogens with zero attached hydrogens (tertiary/aromatic N) is 2. The Kier molecular flexibility index (Phi) is 4.80. The quantitative estimate of drug-likeness (QED) is 0.801. The van der Waals surface area contributed by atoms with Gasteiger partial charge in [0.15, 0.2) is 0 Å². The maximum absolute atomic E-state index is 4.36. The van der Waals surface area contributed by atoms with Crippen molar-refractivity contribution in [3.63, 3.8) is 0 Å². The highest BCUT2D eigenvalue weighted by Crippen LogP contribution is 2.18. The molecule has 1 atom stereocenters. The summed E-state index contributed by atoms with van der Waals surface area (Å²) in [6.07, 6.45) is 15.4. The Bertz CT molecular complexity index is 498. The molecule has 1 aliphatic heterocycles. The number of hydrogen-bond acceptors (Lipinski definition) is 3. The van der Waals surface area contributed by atoms with Gasteiger partial charge in [-0.05, 0) is 30.1 Å². The van der Waals surface area contributed by atoms with Gasteiger partial charge < -0.3 is 0 Å². The van der Waals surface area contributed by atoms with Gasteiger partial charge in [0.2, 0.25) is 0 Å². The molecule has 0 bridgehead atoms. The molecule has 4 heteroatoms. The van der Waals surface area contributed by atoms with Crippen molar-refractivity contribution in [3.05, 3.63) is 59.3 Å². The summed E-state index contributed by atoms with van der Waals surface area (Å²) in [6, 6.07) is 0. The zero-order valence-corrected chi connectivity index (χ0v) is 12.6.